The number of thiophene rings is 1. The molecule has 0 bridgehead atoms. The van der Waals surface area contributed by atoms with Gasteiger partial charge in [-0.1, -0.05) is 24.3 Å². The van der Waals surface area contributed by atoms with Crippen molar-refractivity contribution < 1.29 is 0 Å². The molecule has 3 heterocycles. The van der Waals surface area contributed by atoms with E-state index < -0.39 is 0 Å². The minimum absolute atomic E-state index is 0.818. The number of hydrogen-bond acceptors (Lipinski definition) is 5. The molecule has 0 saturated heterocycles. The molecule has 1 aliphatic carbocycles. The first-order chi connectivity index (χ1) is 11.8. The standard InChI is InChI=1S/C18H17N5S/c1-2-15-19-17(23-13-9-5-4-8-12(13)21-22-23)16-11-7-3-6-10-14(11)24-18(16)20-15/h4-5,8-9H,2-3,6-7,10H2,1H3. The summed E-state index contributed by atoms with van der Waals surface area (Å²) in [5.41, 5.74) is 3.32. The normalized spacial score (nSPS) is 14.4. The molecule has 0 aliphatic heterocycles. The van der Waals surface area contributed by atoms with E-state index in [0.717, 1.165) is 46.8 Å². The third-order valence-corrected chi connectivity index (χ3v) is 5.90. The molecule has 5 nitrogen and oxygen atoms in total. The van der Waals surface area contributed by atoms with Crippen molar-refractivity contribution >= 4 is 32.6 Å². The number of rotatable bonds is 2. The van der Waals surface area contributed by atoms with Crippen molar-refractivity contribution in [1.29, 1.82) is 0 Å². The Morgan fingerprint density at radius 3 is 2.92 bits per heavy atom. The molecule has 0 unspecified atom stereocenters. The first-order valence-electron chi connectivity index (χ1n) is 8.47. The molecule has 0 spiro atoms. The van der Waals surface area contributed by atoms with Crippen LogP contribution in [0.3, 0.4) is 0 Å². The lowest BCUT2D eigenvalue weighted by molar-refractivity contribution is 0.699. The maximum atomic E-state index is 4.85. The summed E-state index contributed by atoms with van der Waals surface area (Å²) in [6.07, 6.45) is 5.61. The fourth-order valence-electron chi connectivity index (χ4n) is 3.52. The van der Waals surface area contributed by atoms with Gasteiger partial charge in [-0.3, -0.25) is 0 Å². The second-order valence-electron chi connectivity index (χ2n) is 6.20. The maximum Gasteiger partial charge on any atom is 0.168 e. The van der Waals surface area contributed by atoms with E-state index in [9.17, 15) is 0 Å². The molecule has 1 aliphatic rings. The van der Waals surface area contributed by atoms with Crippen molar-refractivity contribution in [1.82, 2.24) is 25.0 Å². The van der Waals surface area contributed by atoms with E-state index >= 15 is 0 Å². The van der Waals surface area contributed by atoms with Gasteiger partial charge in [0.05, 0.1) is 10.9 Å². The summed E-state index contributed by atoms with van der Waals surface area (Å²) in [5, 5.41) is 9.89. The van der Waals surface area contributed by atoms with E-state index in [1.54, 1.807) is 0 Å². The second kappa shape index (κ2) is 5.34. The van der Waals surface area contributed by atoms with E-state index in [1.165, 1.54) is 28.7 Å². The molecule has 1 aromatic carbocycles. The SMILES string of the molecule is CCc1nc(-n2nnc3ccccc32)c2c3c(sc2n1)CCCC3. The molecule has 0 atom stereocenters. The van der Waals surface area contributed by atoms with E-state index in [1.807, 2.05) is 40.3 Å². The zero-order chi connectivity index (χ0) is 16.1. The Labute approximate surface area is 143 Å². The summed E-state index contributed by atoms with van der Waals surface area (Å²) < 4.78 is 1.89. The number of fused-ring (bicyclic) bond motifs is 4. The number of hydrogen-bond donors (Lipinski definition) is 0. The van der Waals surface area contributed by atoms with Crippen molar-refractivity contribution in [2.45, 2.75) is 39.0 Å². The van der Waals surface area contributed by atoms with E-state index in [-0.39, 0.29) is 0 Å². The average Bonchev–Trinajstić information content (AvgIpc) is 3.22. The van der Waals surface area contributed by atoms with Crippen LogP contribution >= 0.6 is 11.3 Å². The predicted octanol–water partition coefficient (Wildman–Crippen LogP) is 3.87. The molecule has 24 heavy (non-hydrogen) atoms. The lowest BCUT2D eigenvalue weighted by Gasteiger charge is -2.12. The van der Waals surface area contributed by atoms with Crippen molar-refractivity contribution in [2.75, 3.05) is 0 Å². The molecule has 0 N–H and O–H groups in total. The lowest BCUT2D eigenvalue weighted by Crippen LogP contribution is -2.07. The lowest BCUT2D eigenvalue weighted by atomic mass is 9.97. The van der Waals surface area contributed by atoms with Crippen LogP contribution in [0, 0.1) is 0 Å². The van der Waals surface area contributed by atoms with Crippen molar-refractivity contribution in [2.24, 2.45) is 0 Å². The summed E-state index contributed by atoms with van der Waals surface area (Å²) in [7, 11) is 0. The van der Waals surface area contributed by atoms with Crippen LogP contribution in [0.2, 0.25) is 0 Å². The summed E-state index contributed by atoms with van der Waals surface area (Å²) in [6, 6.07) is 8.04. The zero-order valence-electron chi connectivity index (χ0n) is 13.5. The number of aryl methyl sites for hydroxylation is 3. The molecule has 3 aromatic heterocycles. The van der Waals surface area contributed by atoms with Crippen molar-refractivity contribution in [3.05, 3.63) is 40.5 Å². The predicted molar refractivity (Wildman–Crippen MR) is 95.9 cm³/mol. The Bertz CT molecular complexity index is 1060. The number of para-hydroxylation sites is 1. The summed E-state index contributed by atoms with van der Waals surface area (Å²) in [5.74, 6) is 1.76. The highest BCUT2D eigenvalue weighted by molar-refractivity contribution is 7.18. The summed E-state index contributed by atoms with van der Waals surface area (Å²) >= 11 is 1.83. The molecule has 5 rings (SSSR count). The monoisotopic (exact) mass is 335 g/mol. The van der Waals surface area contributed by atoms with Gasteiger partial charge in [0.15, 0.2) is 5.82 Å². The molecule has 4 aromatic rings. The number of benzene rings is 1. The molecule has 6 heteroatoms. The molecular formula is C18H17N5S. The van der Waals surface area contributed by atoms with Gasteiger partial charge in [-0.25, -0.2) is 9.97 Å². The van der Waals surface area contributed by atoms with Crippen LogP contribution in [0.1, 0.15) is 36.0 Å². The smallest absolute Gasteiger partial charge is 0.168 e. The van der Waals surface area contributed by atoms with Crippen LogP contribution < -0.4 is 0 Å². The fourth-order valence-corrected chi connectivity index (χ4v) is 4.79. The fraction of sp³-hybridized carbons (Fsp3) is 0.333. The first kappa shape index (κ1) is 14.0. The third kappa shape index (κ3) is 1.99. The van der Waals surface area contributed by atoms with Gasteiger partial charge in [0.1, 0.15) is 16.2 Å². The van der Waals surface area contributed by atoms with E-state index in [0.29, 0.717) is 0 Å². The van der Waals surface area contributed by atoms with Gasteiger partial charge in [0, 0.05) is 11.3 Å². The van der Waals surface area contributed by atoms with Gasteiger partial charge in [0.2, 0.25) is 0 Å². The molecule has 120 valence electrons. The van der Waals surface area contributed by atoms with Crippen LogP contribution in [-0.2, 0) is 19.3 Å². The van der Waals surface area contributed by atoms with Crippen LogP contribution in [0.5, 0.6) is 0 Å². The van der Waals surface area contributed by atoms with E-state index in [2.05, 4.69) is 17.2 Å². The summed E-state index contributed by atoms with van der Waals surface area (Å²) in [4.78, 5) is 12.2. The van der Waals surface area contributed by atoms with Gasteiger partial charge in [-0.15, -0.1) is 16.4 Å². The molecular weight excluding hydrogens is 318 g/mol. The van der Waals surface area contributed by atoms with Crippen LogP contribution in [-0.4, -0.2) is 25.0 Å². The highest BCUT2D eigenvalue weighted by Crippen LogP contribution is 2.38. The zero-order valence-corrected chi connectivity index (χ0v) is 14.3. The van der Waals surface area contributed by atoms with Crippen molar-refractivity contribution in [3.8, 4) is 5.82 Å². The average molecular weight is 335 g/mol. The molecule has 0 fully saturated rings. The van der Waals surface area contributed by atoms with Gasteiger partial charge < -0.3 is 0 Å². The number of nitrogens with zero attached hydrogens (tertiary/aromatic N) is 5. The molecule has 0 radical (unpaired) electrons. The van der Waals surface area contributed by atoms with Gasteiger partial charge in [0.25, 0.3) is 0 Å². The van der Waals surface area contributed by atoms with Crippen LogP contribution in [0.4, 0.5) is 0 Å². The van der Waals surface area contributed by atoms with Gasteiger partial charge >= 0.3 is 0 Å². The highest BCUT2D eigenvalue weighted by atomic mass is 32.1. The van der Waals surface area contributed by atoms with Gasteiger partial charge in [-0.05, 0) is 43.4 Å². The Balaban J connectivity index is 1.88. The largest absolute Gasteiger partial charge is 0.222 e. The third-order valence-electron chi connectivity index (χ3n) is 4.71. The highest BCUT2D eigenvalue weighted by Gasteiger charge is 2.23. The topological polar surface area (TPSA) is 56.5 Å². The molecule has 0 amide bonds. The van der Waals surface area contributed by atoms with Gasteiger partial charge in [-0.2, -0.15) is 4.68 Å². The van der Waals surface area contributed by atoms with Crippen LogP contribution in [0.25, 0.3) is 27.1 Å². The Morgan fingerprint density at radius 2 is 2.00 bits per heavy atom. The number of aromatic nitrogens is 5. The second-order valence-corrected chi connectivity index (χ2v) is 7.28. The Kier molecular flexibility index (Phi) is 3.13. The minimum Gasteiger partial charge on any atom is -0.222 e. The molecule has 0 saturated carbocycles. The minimum atomic E-state index is 0.818. The van der Waals surface area contributed by atoms with E-state index in [4.69, 9.17) is 9.97 Å². The Hall–Kier alpha value is -2.34. The summed E-state index contributed by atoms with van der Waals surface area (Å²) in [6.45, 7) is 2.10. The van der Waals surface area contributed by atoms with Crippen molar-refractivity contribution in [3.63, 3.8) is 0 Å². The quantitative estimate of drug-likeness (QED) is 0.558. The van der Waals surface area contributed by atoms with Crippen LogP contribution in [0.15, 0.2) is 24.3 Å². The maximum absolute atomic E-state index is 4.85. The Morgan fingerprint density at radius 1 is 1.12 bits per heavy atom. The first-order valence-corrected chi connectivity index (χ1v) is 9.29.